The van der Waals surface area contributed by atoms with Crippen LogP contribution >= 0.6 is 0 Å². The summed E-state index contributed by atoms with van der Waals surface area (Å²) in [4.78, 5) is 34.6. The molecular formula is C13H21NO4. The number of allylic oxidation sites excluding steroid dienone is 1. The molecule has 0 aliphatic rings. The maximum absolute atomic E-state index is 11.7. The molecule has 0 spiro atoms. The van der Waals surface area contributed by atoms with E-state index >= 15 is 0 Å². The molecule has 1 amide bonds. The average Bonchev–Trinajstić information content (AvgIpc) is 2.25. The molecule has 0 saturated heterocycles. The summed E-state index contributed by atoms with van der Waals surface area (Å²) in [5.41, 5.74) is -0.00634. The maximum Gasteiger partial charge on any atom is 0.379 e. The molecule has 0 aromatic heterocycles. The normalized spacial score (nSPS) is 12.6. The molecule has 5 nitrogen and oxygen atoms in total. The van der Waals surface area contributed by atoms with E-state index in [1.807, 2.05) is 0 Å². The third-order valence-corrected chi connectivity index (χ3v) is 2.35. The van der Waals surface area contributed by atoms with Crippen molar-refractivity contribution < 1.29 is 19.1 Å². The van der Waals surface area contributed by atoms with Gasteiger partial charge in [-0.1, -0.05) is 20.8 Å². The number of nitrogens with one attached hydrogen (secondary N) is 1. The molecule has 0 aromatic rings. The molecule has 0 unspecified atom stereocenters. The Labute approximate surface area is 108 Å². The number of ether oxygens (including phenoxy) is 1. The van der Waals surface area contributed by atoms with Crippen LogP contribution in [0, 0.1) is 5.41 Å². The van der Waals surface area contributed by atoms with Crippen molar-refractivity contribution in [2.24, 2.45) is 5.41 Å². The molecule has 0 aromatic carbocycles. The number of hydrogen-bond acceptors (Lipinski definition) is 4. The van der Waals surface area contributed by atoms with Gasteiger partial charge in [0.05, 0.1) is 6.61 Å². The highest BCUT2D eigenvalue weighted by Crippen LogP contribution is 2.14. The van der Waals surface area contributed by atoms with Crippen molar-refractivity contribution >= 4 is 17.7 Å². The zero-order valence-electron chi connectivity index (χ0n) is 11.8. The van der Waals surface area contributed by atoms with Gasteiger partial charge in [-0.25, -0.2) is 4.79 Å². The number of carbonyl (C=O) groups excluding carboxylic acids is 3. The van der Waals surface area contributed by atoms with Crippen LogP contribution in [0.3, 0.4) is 0 Å². The van der Waals surface area contributed by atoms with Crippen LogP contribution in [0.2, 0.25) is 0 Å². The molecule has 0 rings (SSSR count). The van der Waals surface area contributed by atoms with E-state index in [9.17, 15) is 14.4 Å². The van der Waals surface area contributed by atoms with E-state index in [1.165, 1.54) is 6.92 Å². The van der Waals surface area contributed by atoms with E-state index in [-0.39, 0.29) is 18.1 Å². The summed E-state index contributed by atoms with van der Waals surface area (Å²) in [5, 5.41) is 2.61. The number of Topliss-reactive ketones (excluding diaryl/α,β-unsaturated/α-hetero) is 1. The van der Waals surface area contributed by atoms with Crippen LogP contribution in [0.5, 0.6) is 0 Å². The van der Waals surface area contributed by atoms with Crippen LogP contribution in [0.15, 0.2) is 11.3 Å². The van der Waals surface area contributed by atoms with Gasteiger partial charge in [-0.15, -0.1) is 0 Å². The first-order valence-electron chi connectivity index (χ1n) is 5.81. The number of rotatable bonds is 4. The fraction of sp³-hybridized carbons (Fsp3) is 0.615. The Hall–Kier alpha value is -1.65. The van der Waals surface area contributed by atoms with Crippen molar-refractivity contribution in [3.8, 4) is 0 Å². The fourth-order valence-electron chi connectivity index (χ4n) is 0.972. The van der Waals surface area contributed by atoms with Gasteiger partial charge in [-0.3, -0.25) is 9.59 Å². The van der Waals surface area contributed by atoms with Crippen molar-refractivity contribution in [2.45, 2.75) is 41.5 Å². The van der Waals surface area contributed by atoms with Crippen molar-refractivity contribution in [1.29, 1.82) is 0 Å². The highest BCUT2D eigenvalue weighted by molar-refractivity contribution is 6.40. The smallest absolute Gasteiger partial charge is 0.379 e. The third-order valence-electron chi connectivity index (χ3n) is 2.35. The van der Waals surface area contributed by atoms with Gasteiger partial charge < -0.3 is 10.1 Å². The molecule has 0 bridgehead atoms. The summed E-state index contributed by atoms with van der Waals surface area (Å²) >= 11 is 0. The Balaban J connectivity index is 4.87. The van der Waals surface area contributed by atoms with Gasteiger partial charge in [0.15, 0.2) is 0 Å². The van der Waals surface area contributed by atoms with Gasteiger partial charge in [-0.05, 0) is 20.8 Å². The largest absolute Gasteiger partial charge is 0.460 e. The predicted molar refractivity (Wildman–Crippen MR) is 67.6 cm³/mol. The second kappa shape index (κ2) is 6.33. The predicted octanol–water partition coefficient (Wildman–Crippen LogP) is 1.57. The van der Waals surface area contributed by atoms with Crippen LogP contribution in [0.4, 0.5) is 0 Å². The molecule has 0 heterocycles. The summed E-state index contributed by atoms with van der Waals surface area (Å²) in [6.07, 6.45) is 0. The van der Waals surface area contributed by atoms with E-state index in [0.29, 0.717) is 5.70 Å². The second-order valence-corrected chi connectivity index (χ2v) is 5.00. The Kier molecular flexibility index (Phi) is 5.75. The Morgan fingerprint density at radius 3 is 2.00 bits per heavy atom. The van der Waals surface area contributed by atoms with Gasteiger partial charge in [0, 0.05) is 16.7 Å². The van der Waals surface area contributed by atoms with Crippen LogP contribution in [-0.2, 0) is 19.1 Å². The second-order valence-electron chi connectivity index (χ2n) is 5.00. The first-order chi connectivity index (χ1) is 8.11. The summed E-state index contributed by atoms with van der Waals surface area (Å²) in [7, 11) is 0. The van der Waals surface area contributed by atoms with E-state index in [1.54, 1.807) is 34.6 Å². The van der Waals surface area contributed by atoms with E-state index in [4.69, 9.17) is 0 Å². The van der Waals surface area contributed by atoms with Gasteiger partial charge in [0.2, 0.25) is 5.91 Å². The Morgan fingerprint density at radius 1 is 1.11 bits per heavy atom. The Morgan fingerprint density at radius 2 is 1.61 bits per heavy atom. The highest BCUT2D eigenvalue weighted by Gasteiger charge is 2.24. The lowest BCUT2D eigenvalue weighted by Gasteiger charge is -2.18. The molecule has 1 N–H and O–H groups in total. The summed E-state index contributed by atoms with van der Waals surface area (Å²) in [6, 6.07) is 0. The topological polar surface area (TPSA) is 72.5 Å². The number of hydrogen-bond donors (Lipinski definition) is 1. The summed E-state index contributed by atoms with van der Waals surface area (Å²) < 4.78 is 4.61. The lowest BCUT2D eigenvalue weighted by atomic mass is 9.95. The van der Waals surface area contributed by atoms with E-state index in [2.05, 4.69) is 10.1 Å². The van der Waals surface area contributed by atoms with Crippen molar-refractivity contribution in [1.82, 2.24) is 5.32 Å². The maximum atomic E-state index is 11.7. The third kappa shape index (κ3) is 4.69. The van der Waals surface area contributed by atoms with E-state index in [0.717, 1.165) is 0 Å². The zero-order chi connectivity index (χ0) is 14.5. The molecule has 18 heavy (non-hydrogen) atoms. The summed E-state index contributed by atoms with van der Waals surface area (Å²) in [5.74, 6) is -1.85. The van der Waals surface area contributed by atoms with Crippen LogP contribution < -0.4 is 5.32 Å². The fourth-order valence-corrected chi connectivity index (χ4v) is 0.972. The van der Waals surface area contributed by atoms with Crippen molar-refractivity contribution in [3.63, 3.8) is 0 Å². The molecule has 5 heteroatoms. The van der Waals surface area contributed by atoms with E-state index < -0.39 is 17.2 Å². The molecule has 0 saturated carbocycles. The van der Waals surface area contributed by atoms with Gasteiger partial charge in [0.25, 0.3) is 5.78 Å². The molecule has 0 fully saturated rings. The monoisotopic (exact) mass is 255 g/mol. The SMILES string of the molecule is CCOC(=O)C(=O)C(C)=C(C)NC(=O)C(C)(C)C. The Bertz CT molecular complexity index is 388. The van der Waals surface area contributed by atoms with Gasteiger partial charge >= 0.3 is 5.97 Å². The quantitative estimate of drug-likeness (QED) is 0.470. The molecule has 102 valence electrons. The van der Waals surface area contributed by atoms with Crippen molar-refractivity contribution in [2.75, 3.05) is 6.61 Å². The standard InChI is InChI=1S/C13H21NO4/c1-7-18-11(16)10(15)8(2)9(3)14-12(17)13(4,5)6/h7H2,1-6H3,(H,14,17). The average molecular weight is 255 g/mol. The molecular weight excluding hydrogens is 234 g/mol. The minimum absolute atomic E-state index is 0.144. The highest BCUT2D eigenvalue weighted by atomic mass is 16.5. The van der Waals surface area contributed by atoms with Crippen LogP contribution in [0.25, 0.3) is 0 Å². The van der Waals surface area contributed by atoms with Crippen LogP contribution in [0.1, 0.15) is 41.5 Å². The summed E-state index contributed by atoms with van der Waals surface area (Å²) in [6.45, 7) is 10.1. The lowest BCUT2D eigenvalue weighted by Crippen LogP contribution is -2.35. The minimum Gasteiger partial charge on any atom is -0.460 e. The zero-order valence-corrected chi connectivity index (χ0v) is 11.8. The molecule has 0 atom stereocenters. The number of carbonyl (C=O) groups is 3. The first kappa shape index (κ1) is 16.4. The van der Waals surface area contributed by atoms with Gasteiger partial charge in [0.1, 0.15) is 0 Å². The van der Waals surface area contributed by atoms with Gasteiger partial charge in [-0.2, -0.15) is 0 Å². The first-order valence-corrected chi connectivity index (χ1v) is 5.81. The number of esters is 1. The van der Waals surface area contributed by atoms with Crippen molar-refractivity contribution in [3.05, 3.63) is 11.3 Å². The number of ketones is 1. The molecule has 0 aliphatic heterocycles. The minimum atomic E-state index is -0.903. The lowest BCUT2D eigenvalue weighted by molar-refractivity contribution is -0.151. The number of amides is 1. The molecule has 0 aliphatic carbocycles. The van der Waals surface area contributed by atoms with Crippen LogP contribution in [-0.4, -0.2) is 24.3 Å². The molecule has 0 radical (unpaired) electrons.